The van der Waals surface area contributed by atoms with Crippen LogP contribution >= 0.6 is 23.1 Å². The average Bonchev–Trinajstić information content (AvgIpc) is 2.79. The molecule has 1 saturated heterocycles. The van der Waals surface area contributed by atoms with Crippen LogP contribution in [0.3, 0.4) is 0 Å². The van der Waals surface area contributed by atoms with Crippen LogP contribution in [0.5, 0.6) is 0 Å². The number of carbonyl (C=O) groups is 2. The molecule has 108 valence electrons. The van der Waals surface area contributed by atoms with Crippen LogP contribution in [-0.4, -0.2) is 34.5 Å². The smallest absolute Gasteiger partial charge is 0.328 e. The predicted molar refractivity (Wildman–Crippen MR) is 83.5 cm³/mol. The fourth-order valence-corrected chi connectivity index (χ4v) is 4.11. The highest BCUT2D eigenvalue weighted by Gasteiger charge is 2.18. The summed E-state index contributed by atoms with van der Waals surface area (Å²) >= 11 is 3.25. The fourth-order valence-electron chi connectivity index (χ4n) is 2.02. The van der Waals surface area contributed by atoms with E-state index >= 15 is 0 Å². The molecule has 1 aromatic rings. The maximum atomic E-state index is 12.2. The van der Waals surface area contributed by atoms with E-state index in [9.17, 15) is 9.59 Å². The molecule has 0 atom stereocenters. The molecule has 4 nitrogen and oxygen atoms in total. The molecule has 6 heteroatoms. The largest absolute Gasteiger partial charge is 0.478 e. The first-order valence-corrected chi connectivity index (χ1v) is 8.43. The third-order valence-electron chi connectivity index (χ3n) is 3.11. The van der Waals surface area contributed by atoms with Gasteiger partial charge in [0, 0.05) is 17.0 Å². The van der Waals surface area contributed by atoms with Crippen LogP contribution in [0.1, 0.15) is 33.0 Å². The summed E-state index contributed by atoms with van der Waals surface area (Å²) in [5.74, 6) is 1.16. The Bertz CT molecular complexity index is 531. The molecule has 0 spiro atoms. The molecule has 2 N–H and O–H groups in total. The van der Waals surface area contributed by atoms with Crippen LogP contribution < -0.4 is 5.32 Å². The molecule has 1 fully saturated rings. The summed E-state index contributed by atoms with van der Waals surface area (Å²) in [5.41, 5.74) is 0.928. The normalized spacial score (nSPS) is 16.4. The lowest BCUT2D eigenvalue weighted by atomic mass is 10.1. The minimum Gasteiger partial charge on any atom is -0.478 e. The third kappa shape index (κ3) is 4.11. The lowest BCUT2D eigenvalue weighted by molar-refractivity contribution is -0.131. The molecule has 0 radical (unpaired) electrons. The number of nitrogens with one attached hydrogen (secondary N) is 1. The second-order valence-corrected chi connectivity index (χ2v) is 7.00. The number of carboxylic acids is 1. The van der Waals surface area contributed by atoms with Crippen molar-refractivity contribution in [1.29, 1.82) is 0 Å². The number of carbonyl (C=O) groups excluding carboxylic acids is 1. The molecule has 1 aliphatic rings. The molecule has 0 aliphatic carbocycles. The summed E-state index contributed by atoms with van der Waals surface area (Å²) in [7, 11) is 0. The Morgan fingerprint density at radius 1 is 1.40 bits per heavy atom. The van der Waals surface area contributed by atoms with E-state index in [1.807, 2.05) is 24.8 Å². The lowest BCUT2D eigenvalue weighted by Gasteiger charge is -2.22. The van der Waals surface area contributed by atoms with Crippen molar-refractivity contribution in [1.82, 2.24) is 5.32 Å². The molecule has 2 rings (SSSR count). The molecule has 0 bridgehead atoms. The monoisotopic (exact) mass is 311 g/mol. The van der Waals surface area contributed by atoms with E-state index in [0.29, 0.717) is 4.88 Å². The van der Waals surface area contributed by atoms with Gasteiger partial charge in [0.1, 0.15) is 0 Å². The number of aliphatic carboxylic acids is 1. The van der Waals surface area contributed by atoms with Gasteiger partial charge in [0.15, 0.2) is 0 Å². The van der Waals surface area contributed by atoms with Gasteiger partial charge < -0.3 is 10.4 Å². The van der Waals surface area contributed by atoms with Crippen molar-refractivity contribution in [2.75, 3.05) is 11.5 Å². The Labute approximate surface area is 126 Å². The highest BCUT2D eigenvalue weighted by atomic mass is 32.2. The van der Waals surface area contributed by atoms with Crippen molar-refractivity contribution in [2.45, 2.75) is 25.8 Å². The number of aryl methyl sites for hydroxylation is 1. The van der Waals surface area contributed by atoms with Crippen molar-refractivity contribution in [2.24, 2.45) is 0 Å². The first kappa shape index (κ1) is 15.1. The van der Waals surface area contributed by atoms with E-state index in [-0.39, 0.29) is 11.9 Å². The van der Waals surface area contributed by atoms with Crippen molar-refractivity contribution < 1.29 is 14.7 Å². The number of thiophene rings is 1. The first-order valence-electron chi connectivity index (χ1n) is 6.46. The van der Waals surface area contributed by atoms with Gasteiger partial charge in [-0.3, -0.25) is 4.79 Å². The van der Waals surface area contributed by atoms with E-state index < -0.39 is 5.97 Å². The molecular weight excluding hydrogens is 294 g/mol. The minimum atomic E-state index is -0.983. The number of hydrogen-bond acceptors (Lipinski definition) is 4. The summed E-state index contributed by atoms with van der Waals surface area (Å²) < 4.78 is 0. The first-order chi connectivity index (χ1) is 9.56. The quantitative estimate of drug-likeness (QED) is 0.839. The standard InChI is InChI=1S/C14H17NO3S2/c1-9-8-12(20-11(9)2-3-13(16)17)14(18)15-10-4-6-19-7-5-10/h2-3,8,10H,4-7H2,1H3,(H,15,18)(H,16,17)/b3-2+. The van der Waals surface area contributed by atoms with Gasteiger partial charge in [-0.05, 0) is 49.0 Å². The lowest BCUT2D eigenvalue weighted by Crippen LogP contribution is -2.36. The SMILES string of the molecule is Cc1cc(C(=O)NC2CCSCC2)sc1/C=C/C(=O)O. The number of amides is 1. The van der Waals surface area contributed by atoms with Crippen molar-refractivity contribution >= 4 is 41.1 Å². The zero-order valence-electron chi connectivity index (χ0n) is 11.2. The van der Waals surface area contributed by atoms with E-state index in [1.54, 1.807) is 0 Å². The molecule has 20 heavy (non-hydrogen) atoms. The summed E-state index contributed by atoms with van der Waals surface area (Å²) in [6.07, 6.45) is 4.67. The molecule has 1 aromatic heterocycles. The number of thioether (sulfide) groups is 1. The summed E-state index contributed by atoms with van der Waals surface area (Å²) in [4.78, 5) is 24.2. The van der Waals surface area contributed by atoms with Crippen molar-refractivity contribution in [3.8, 4) is 0 Å². The van der Waals surface area contributed by atoms with Crippen molar-refractivity contribution in [3.05, 3.63) is 27.5 Å². The molecule has 1 amide bonds. The predicted octanol–water partition coefficient (Wildman–Crippen LogP) is 2.78. The van der Waals surface area contributed by atoms with Crippen LogP contribution in [0.15, 0.2) is 12.1 Å². The van der Waals surface area contributed by atoms with Crippen LogP contribution in [-0.2, 0) is 4.79 Å². The maximum Gasteiger partial charge on any atom is 0.328 e. The van der Waals surface area contributed by atoms with E-state index in [4.69, 9.17) is 5.11 Å². The van der Waals surface area contributed by atoms with Crippen LogP contribution in [0.25, 0.3) is 6.08 Å². The summed E-state index contributed by atoms with van der Waals surface area (Å²) in [5, 5.41) is 11.7. The highest BCUT2D eigenvalue weighted by molar-refractivity contribution is 7.99. The zero-order chi connectivity index (χ0) is 14.5. The fraction of sp³-hybridized carbons (Fsp3) is 0.429. The van der Waals surface area contributed by atoms with Crippen LogP contribution in [0.4, 0.5) is 0 Å². The second-order valence-electron chi connectivity index (χ2n) is 4.69. The molecule has 0 unspecified atom stereocenters. The number of rotatable bonds is 4. The van der Waals surface area contributed by atoms with Gasteiger partial charge in [0.25, 0.3) is 5.91 Å². The Kier molecular flexibility index (Phi) is 5.25. The van der Waals surface area contributed by atoms with E-state index in [0.717, 1.165) is 40.9 Å². The third-order valence-corrected chi connectivity index (χ3v) is 5.36. The summed E-state index contributed by atoms with van der Waals surface area (Å²) in [6.45, 7) is 1.88. The molecule has 1 aliphatic heterocycles. The van der Waals surface area contributed by atoms with Gasteiger partial charge in [-0.2, -0.15) is 11.8 Å². The Balaban J connectivity index is 2.02. The van der Waals surface area contributed by atoms with Gasteiger partial charge in [0.05, 0.1) is 4.88 Å². The zero-order valence-corrected chi connectivity index (χ0v) is 12.9. The Morgan fingerprint density at radius 2 is 2.10 bits per heavy atom. The summed E-state index contributed by atoms with van der Waals surface area (Å²) in [6, 6.07) is 2.09. The van der Waals surface area contributed by atoms with Gasteiger partial charge in [-0.15, -0.1) is 11.3 Å². The average molecular weight is 311 g/mol. The van der Waals surface area contributed by atoms with Gasteiger partial charge in [0.2, 0.25) is 0 Å². The maximum absolute atomic E-state index is 12.2. The van der Waals surface area contributed by atoms with Crippen LogP contribution in [0.2, 0.25) is 0 Å². The topological polar surface area (TPSA) is 66.4 Å². The number of hydrogen-bond donors (Lipinski definition) is 2. The van der Waals surface area contributed by atoms with Gasteiger partial charge in [-0.1, -0.05) is 0 Å². The van der Waals surface area contributed by atoms with Crippen LogP contribution in [0, 0.1) is 6.92 Å². The molecule has 2 heterocycles. The second kappa shape index (κ2) is 6.95. The Hall–Kier alpha value is -1.27. The molecule has 0 aromatic carbocycles. The highest BCUT2D eigenvalue weighted by Crippen LogP contribution is 2.24. The molecular formula is C14H17NO3S2. The number of carboxylic acid groups (broad SMARTS) is 1. The Morgan fingerprint density at radius 3 is 2.75 bits per heavy atom. The minimum absolute atomic E-state index is 0.0509. The van der Waals surface area contributed by atoms with Gasteiger partial charge in [-0.25, -0.2) is 4.79 Å². The molecule has 0 saturated carbocycles. The van der Waals surface area contributed by atoms with Gasteiger partial charge >= 0.3 is 5.97 Å². The van der Waals surface area contributed by atoms with Crippen molar-refractivity contribution in [3.63, 3.8) is 0 Å². The van der Waals surface area contributed by atoms with E-state index in [2.05, 4.69) is 5.32 Å². The van der Waals surface area contributed by atoms with E-state index in [1.165, 1.54) is 17.4 Å².